The van der Waals surface area contributed by atoms with Crippen molar-refractivity contribution in [2.75, 3.05) is 25.5 Å². The Balaban J connectivity index is 1.84. The summed E-state index contributed by atoms with van der Waals surface area (Å²) in [6.45, 7) is 1.98. The monoisotopic (exact) mass is 297 g/mol. The predicted molar refractivity (Wildman–Crippen MR) is 84.5 cm³/mol. The van der Waals surface area contributed by atoms with Crippen molar-refractivity contribution in [2.45, 2.75) is 18.4 Å². The van der Waals surface area contributed by atoms with Crippen molar-refractivity contribution in [3.8, 4) is 5.69 Å². The van der Waals surface area contributed by atoms with Crippen molar-refractivity contribution in [3.05, 3.63) is 47.8 Å². The molecule has 0 bridgehead atoms. The maximum Gasteiger partial charge on any atom is 0.337 e. The zero-order chi connectivity index (χ0) is 15.2. The zero-order valence-corrected chi connectivity index (χ0v) is 12.6. The van der Waals surface area contributed by atoms with Gasteiger partial charge >= 0.3 is 5.97 Å². The van der Waals surface area contributed by atoms with Crippen molar-refractivity contribution < 1.29 is 9.53 Å². The molecule has 4 rings (SSSR count). The molecule has 1 fully saturated rings. The second-order valence-electron chi connectivity index (χ2n) is 5.94. The second-order valence-corrected chi connectivity index (χ2v) is 5.94. The van der Waals surface area contributed by atoms with E-state index in [-0.39, 0.29) is 11.5 Å². The van der Waals surface area contributed by atoms with Crippen molar-refractivity contribution in [2.24, 2.45) is 0 Å². The fourth-order valence-electron chi connectivity index (χ4n) is 3.63. The van der Waals surface area contributed by atoms with Gasteiger partial charge in [-0.2, -0.15) is 0 Å². The summed E-state index contributed by atoms with van der Waals surface area (Å²) >= 11 is 0. The van der Waals surface area contributed by atoms with Crippen molar-refractivity contribution in [1.82, 2.24) is 9.88 Å². The molecule has 1 aromatic heterocycles. The number of ether oxygens (including phenoxy) is 1. The lowest BCUT2D eigenvalue weighted by molar-refractivity contribution is 0.0601. The molecular weight excluding hydrogens is 278 g/mol. The van der Waals surface area contributed by atoms with Crippen LogP contribution in [0.2, 0.25) is 0 Å². The summed E-state index contributed by atoms with van der Waals surface area (Å²) in [6.07, 6.45) is 4.15. The lowest BCUT2D eigenvalue weighted by atomic mass is 9.83. The fourth-order valence-corrected chi connectivity index (χ4v) is 3.63. The summed E-state index contributed by atoms with van der Waals surface area (Å²) in [5, 5.41) is 7.12. The van der Waals surface area contributed by atoms with Crippen LogP contribution in [0.15, 0.2) is 36.5 Å². The minimum absolute atomic E-state index is 0.0590. The number of aromatic nitrogens is 1. The lowest BCUT2D eigenvalue weighted by Crippen LogP contribution is -2.48. The number of methoxy groups -OCH3 is 1. The van der Waals surface area contributed by atoms with Crippen LogP contribution in [0.25, 0.3) is 5.69 Å². The summed E-state index contributed by atoms with van der Waals surface area (Å²) in [5.74, 6) is -0.303. The number of benzene rings is 1. The number of carbonyl (C=O) groups is 1. The topological polar surface area (TPSA) is 55.3 Å². The van der Waals surface area contributed by atoms with Crippen LogP contribution in [0, 0.1) is 0 Å². The minimum atomic E-state index is -0.303. The molecule has 114 valence electrons. The molecule has 1 saturated heterocycles. The van der Waals surface area contributed by atoms with E-state index in [2.05, 4.69) is 33.5 Å². The van der Waals surface area contributed by atoms with Crippen molar-refractivity contribution >= 4 is 11.7 Å². The normalized spacial score (nSPS) is 18.2. The molecule has 3 heterocycles. The van der Waals surface area contributed by atoms with E-state index in [0.717, 1.165) is 37.3 Å². The van der Waals surface area contributed by atoms with Gasteiger partial charge in [-0.05, 0) is 56.3 Å². The van der Waals surface area contributed by atoms with Crippen LogP contribution in [0.1, 0.15) is 28.9 Å². The first-order chi connectivity index (χ1) is 10.7. The summed E-state index contributed by atoms with van der Waals surface area (Å²) in [4.78, 5) is 11.8. The Morgan fingerprint density at radius 1 is 1.27 bits per heavy atom. The smallest absolute Gasteiger partial charge is 0.337 e. The predicted octanol–water partition coefficient (Wildman–Crippen LogP) is 2.27. The van der Waals surface area contributed by atoms with Crippen LogP contribution in [0.3, 0.4) is 0 Å². The molecule has 2 aliphatic rings. The van der Waals surface area contributed by atoms with Gasteiger partial charge in [0.25, 0.3) is 0 Å². The Bertz CT molecular complexity index is 729. The van der Waals surface area contributed by atoms with E-state index >= 15 is 0 Å². The van der Waals surface area contributed by atoms with Crippen LogP contribution in [-0.2, 0) is 10.3 Å². The highest BCUT2D eigenvalue weighted by molar-refractivity contribution is 5.91. The van der Waals surface area contributed by atoms with Gasteiger partial charge in [0.2, 0.25) is 0 Å². The third-order valence-electron chi connectivity index (χ3n) is 4.75. The Morgan fingerprint density at radius 3 is 2.86 bits per heavy atom. The molecule has 5 heteroatoms. The number of nitrogens with zero attached hydrogens (tertiary/aromatic N) is 1. The molecule has 0 radical (unpaired) electrons. The Hall–Kier alpha value is -2.27. The number of piperidine rings is 1. The Kier molecular flexibility index (Phi) is 2.97. The highest BCUT2D eigenvalue weighted by atomic mass is 16.5. The van der Waals surface area contributed by atoms with Crippen LogP contribution in [0.4, 0.5) is 5.69 Å². The summed E-state index contributed by atoms with van der Waals surface area (Å²) in [5.41, 5.74) is 3.89. The second kappa shape index (κ2) is 4.88. The standard InChI is InChI=1S/C17H19N3O2/c1-22-16(21)12-4-5-14-13(11-12)19-17(6-8-18-9-7-17)15-3-2-10-20(14)15/h2-5,10-11,18-19H,6-9H2,1H3. The molecule has 1 aromatic carbocycles. The molecular formula is C17H19N3O2. The maximum absolute atomic E-state index is 11.8. The number of rotatable bonds is 1. The van der Waals surface area contributed by atoms with Gasteiger partial charge in [-0.15, -0.1) is 0 Å². The molecule has 0 atom stereocenters. The number of fused-ring (bicyclic) bond motifs is 4. The number of carbonyl (C=O) groups excluding carboxylic acids is 1. The molecule has 5 nitrogen and oxygen atoms in total. The Morgan fingerprint density at radius 2 is 2.09 bits per heavy atom. The van der Waals surface area contributed by atoms with Gasteiger partial charge in [0.15, 0.2) is 0 Å². The number of anilines is 1. The van der Waals surface area contributed by atoms with Crippen LogP contribution >= 0.6 is 0 Å². The molecule has 22 heavy (non-hydrogen) atoms. The fraction of sp³-hybridized carbons (Fsp3) is 0.353. The van der Waals surface area contributed by atoms with Crippen molar-refractivity contribution in [3.63, 3.8) is 0 Å². The van der Waals surface area contributed by atoms with Crippen LogP contribution in [-0.4, -0.2) is 30.7 Å². The van der Waals surface area contributed by atoms with E-state index in [9.17, 15) is 4.79 Å². The van der Waals surface area contributed by atoms with Crippen LogP contribution in [0.5, 0.6) is 0 Å². The summed E-state index contributed by atoms with van der Waals surface area (Å²) in [6, 6.07) is 9.97. The van der Waals surface area contributed by atoms with Gasteiger partial charge in [-0.25, -0.2) is 4.79 Å². The molecule has 2 aliphatic heterocycles. The van der Waals surface area contributed by atoms with Gasteiger partial charge in [-0.3, -0.25) is 0 Å². The highest BCUT2D eigenvalue weighted by Gasteiger charge is 2.39. The first kappa shape index (κ1) is 13.4. The van der Waals surface area contributed by atoms with E-state index in [1.54, 1.807) is 0 Å². The third kappa shape index (κ3) is 1.85. The molecule has 0 unspecified atom stereocenters. The SMILES string of the molecule is COC(=O)c1ccc2c(c1)NC1(CCNCC1)c1cccn1-2. The van der Waals surface area contributed by atoms with Crippen LogP contribution < -0.4 is 10.6 Å². The number of esters is 1. The average molecular weight is 297 g/mol. The van der Waals surface area contributed by atoms with E-state index in [0.29, 0.717) is 5.56 Å². The maximum atomic E-state index is 11.8. The molecule has 2 N–H and O–H groups in total. The quantitative estimate of drug-likeness (QED) is 0.793. The lowest BCUT2D eigenvalue weighted by Gasteiger charge is -2.43. The minimum Gasteiger partial charge on any atom is -0.465 e. The molecule has 0 saturated carbocycles. The summed E-state index contributed by atoms with van der Waals surface area (Å²) < 4.78 is 7.07. The van der Waals surface area contributed by atoms with Gasteiger partial charge in [0, 0.05) is 11.9 Å². The van der Waals surface area contributed by atoms with Gasteiger partial charge in [0.05, 0.1) is 29.6 Å². The third-order valence-corrected chi connectivity index (χ3v) is 4.75. The van der Waals surface area contributed by atoms with Gasteiger partial charge in [-0.1, -0.05) is 0 Å². The number of hydrogen-bond donors (Lipinski definition) is 2. The van der Waals surface area contributed by atoms with E-state index in [1.807, 2.05) is 18.2 Å². The zero-order valence-electron chi connectivity index (χ0n) is 12.6. The number of hydrogen-bond acceptors (Lipinski definition) is 4. The average Bonchev–Trinajstić information content (AvgIpc) is 3.05. The molecule has 0 aliphatic carbocycles. The van der Waals surface area contributed by atoms with Gasteiger partial charge in [0.1, 0.15) is 0 Å². The van der Waals surface area contributed by atoms with E-state index in [4.69, 9.17) is 4.74 Å². The first-order valence-corrected chi connectivity index (χ1v) is 7.63. The largest absolute Gasteiger partial charge is 0.465 e. The van der Waals surface area contributed by atoms with E-state index in [1.165, 1.54) is 12.8 Å². The van der Waals surface area contributed by atoms with Gasteiger partial charge < -0.3 is 19.9 Å². The van der Waals surface area contributed by atoms with Crippen molar-refractivity contribution in [1.29, 1.82) is 0 Å². The van der Waals surface area contributed by atoms with E-state index < -0.39 is 0 Å². The molecule has 2 aromatic rings. The Labute approximate surface area is 129 Å². The molecule has 1 spiro atoms. The molecule has 0 amide bonds. The highest BCUT2D eigenvalue weighted by Crippen LogP contribution is 2.42. The number of nitrogens with one attached hydrogen (secondary N) is 2. The summed E-state index contributed by atoms with van der Waals surface area (Å²) in [7, 11) is 1.41. The first-order valence-electron chi connectivity index (χ1n) is 7.63.